The van der Waals surface area contributed by atoms with E-state index in [1.165, 1.54) is 0 Å². The van der Waals surface area contributed by atoms with Gasteiger partial charge in [0.1, 0.15) is 17.2 Å². The molecule has 0 aliphatic rings. The zero-order valence-corrected chi connectivity index (χ0v) is 12.2. The topological polar surface area (TPSA) is 59.3 Å². The lowest BCUT2D eigenvalue weighted by Crippen LogP contribution is -2.16. The molecule has 106 valence electrons. The highest BCUT2D eigenvalue weighted by Gasteiger charge is 2.17. The van der Waals surface area contributed by atoms with E-state index in [0.717, 1.165) is 16.8 Å². The second kappa shape index (κ2) is 5.01. The molecule has 3 rings (SSSR count). The molecule has 21 heavy (non-hydrogen) atoms. The number of anilines is 1. The fraction of sp³-hybridized carbons (Fsp3) is 0.188. The third-order valence-electron chi connectivity index (χ3n) is 3.39. The van der Waals surface area contributed by atoms with Crippen molar-refractivity contribution < 1.29 is 4.79 Å². The fourth-order valence-electron chi connectivity index (χ4n) is 2.37. The Hall–Kier alpha value is -2.69. The van der Waals surface area contributed by atoms with Gasteiger partial charge >= 0.3 is 0 Å². The summed E-state index contributed by atoms with van der Waals surface area (Å²) in [5.41, 5.74) is 4.13. The molecule has 0 radical (unpaired) electrons. The van der Waals surface area contributed by atoms with Crippen LogP contribution in [0.2, 0.25) is 0 Å². The van der Waals surface area contributed by atoms with Gasteiger partial charge < -0.3 is 5.32 Å². The summed E-state index contributed by atoms with van der Waals surface area (Å²) in [5.74, 6) is 0.339. The molecule has 0 saturated heterocycles. The number of amides is 1. The maximum absolute atomic E-state index is 12.5. The predicted octanol–water partition coefficient (Wildman–Crippen LogP) is 2.91. The monoisotopic (exact) mass is 280 g/mol. The minimum absolute atomic E-state index is 0.205. The Balaban J connectivity index is 2.02. The third-order valence-corrected chi connectivity index (χ3v) is 3.39. The van der Waals surface area contributed by atoms with Crippen LogP contribution in [0.3, 0.4) is 0 Å². The van der Waals surface area contributed by atoms with Crippen LogP contribution >= 0.6 is 0 Å². The average molecular weight is 280 g/mol. The number of nitrogens with one attached hydrogen (secondary N) is 1. The summed E-state index contributed by atoms with van der Waals surface area (Å²) in [4.78, 5) is 21.2. The first-order valence-corrected chi connectivity index (χ1v) is 6.74. The van der Waals surface area contributed by atoms with Crippen molar-refractivity contribution in [3.8, 4) is 0 Å². The summed E-state index contributed by atoms with van der Waals surface area (Å²) in [6.45, 7) is 5.77. The maximum atomic E-state index is 12.5. The highest BCUT2D eigenvalue weighted by Crippen LogP contribution is 2.16. The number of hydrogen-bond donors (Lipinski definition) is 1. The number of carbonyl (C=O) groups is 1. The van der Waals surface area contributed by atoms with Gasteiger partial charge in [-0.25, -0.2) is 9.97 Å². The summed E-state index contributed by atoms with van der Waals surface area (Å²) >= 11 is 0. The van der Waals surface area contributed by atoms with Gasteiger partial charge in [0.25, 0.3) is 5.91 Å². The Bertz CT molecular complexity index is 835. The largest absolute Gasteiger partial charge is 0.305 e. The summed E-state index contributed by atoms with van der Waals surface area (Å²) in [5, 5.41) is 2.83. The molecule has 1 amide bonds. The zero-order valence-electron chi connectivity index (χ0n) is 12.2. The lowest BCUT2D eigenvalue weighted by Gasteiger charge is -2.06. The number of pyridine rings is 2. The van der Waals surface area contributed by atoms with Crippen LogP contribution in [0, 0.1) is 20.8 Å². The molecule has 0 saturated carbocycles. The van der Waals surface area contributed by atoms with Crippen molar-refractivity contribution in [2.75, 3.05) is 5.32 Å². The number of aromatic nitrogens is 3. The highest BCUT2D eigenvalue weighted by atomic mass is 16.2. The van der Waals surface area contributed by atoms with Gasteiger partial charge in [0.05, 0.1) is 5.69 Å². The van der Waals surface area contributed by atoms with Crippen molar-refractivity contribution in [2.45, 2.75) is 20.8 Å². The first kappa shape index (κ1) is 13.3. The van der Waals surface area contributed by atoms with Gasteiger partial charge in [-0.1, -0.05) is 6.07 Å². The molecular formula is C16H16N4O. The quantitative estimate of drug-likeness (QED) is 0.785. The SMILES string of the molecule is Cc1ccnc(NC(=O)c2c(C)nc3c(C)cccn23)c1. The summed E-state index contributed by atoms with van der Waals surface area (Å²) in [6, 6.07) is 7.61. The van der Waals surface area contributed by atoms with Gasteiger partial charge in [-0.3, -0.25) is 9.20 Å². The van der Waals surface area contributed by atoms with Crippen LogP contribution in [0.4, 0.5) is 5.82 Å². The minimum atomic E-state index is -0.205. The molecule has 3 aromatic heterocycles. The van der Waals surface area contributed by atoms with Crippen molar-refractivity contribution in [1.82, 2.24) is 14.4 Å². The van der Waals surface area contributed by atoms with Gasteiger partial charge in [-0.15, -0.1) is 0 Å². The standard InChI is InChI=1S/C16H16N4O/c1-10-6-7-17-13(9-10)19-16(21)14-12(3)18-15-11(2)5-4-8-20(14)15/h4-9H,1-3H3,(H,17,19,21). The second-order valence-electron chi connectivity index (χ2n) is 5.10. The number of carbonyl (C=O) groups excluding carboxylic acids is 1. The van der Waals surface area contributed by atoms with Crippen molar-refractivity contribution in [3.63, 3.8) is 0 Å². The number of aryl methyl sites for hydroxylation is 3. The van der Waals surface area contributed by atoms with E-state index in [9.17, 15) is 4.79 Å². The Morgan fingerprint density at radius 3 is 2.81 bits per heavy atom. The fourth-order valence-corrected chi connectivity index (χ4v) is 2.37. The molecular weight excluding hydrogens is 264 g/mol. The van der Waals surface area contributed by atoms with E-state index in [1.54, 1.807) is 6.20 Å². The molecule has 0 fully saturated rings. The molecule has 0 aromatic carbocycles. The molecule has 0 aliphatic heterocycles. The molecule has 0 spiro atoms. The van der Waals surface area contributed by atoms with Gasteiger partial charge in [-0.05, 0) is 50.1 Å². The number of fused-ring (bicyclic) bond motifs is 1. The summed E-state index contributed by atoms with van der Waals surface area (Å²) in [6.07, 6.45) is 3.53. The Morgan fingerprint density at radius 2 is 2.05 bits per heavy atom. The second-order valence-corrected chi connectivity index (χ2v) is 5.10. The van der Waals surface area contributed by atoms with Crippen LogP contribution in [0.15, 0.2) is 36.7 Å². The highest BCUT2D eigenvalue weighted by molar-refractivity contribution is 6.04. The smallest absolute Gasteiger partial charge is 0.275 e. The van der Waals surface area contributed by atoms with Crippen LogP contribution in [-0.2, 0) is 0 Å². The Kier molecular flexibility index (Phi) is 3.17. The molecule has 3 heterocycles. The minimum Gasteiger partial charge on any atom is -0.305 e. The average Bonchev–Trinajstić information content (AvgIpc) is 2.76. The number of hydrogen-bond acceptors (Lipinski definition) is 3. The lowest BCUT2D eigenvalue weighted by atomic mass is 10.3. The molecule has 3 aromatic rings. The van der Waals surface area contributed by atoms with E-state index in [4.69, 9.17) is 0 Å². The van der Waals surface area contributed by atoms with Gasteiger partial charge in [-0.2, -0.15) is 0 Å². The van der Waals surface area contributed by atoms with Crippen molar-refractivity contribution >= 4 is 17.4 Å². The van der Waals surface area contributed by atoms with Gasteiger partial charge in [0, 0.05) is 12.4 Å². The predicted molar refractivity (Wildman–Crippen MR) is 81.6 cm³/mol. The van der Waals surface area contributed by atoms with E-state index < -0.39 is 0 Å². The van der Waals surface area contributed by atoms with Gasteiger partial charge in [0.15, 0.2) is 0 Å². The molecule has 0 unspecified atom stereocenters. The van der Waals surface area contributed by atoms with Crippen LogP contribution in [-0.4, -0.2) is 20.3 Å². The maximum Gasteiger partial charge on any atom is 0.275 e. The third kappa shape index (κ3) is 2.38. The molecule has 0 atom stereocenters. The number of nitrogens with zero attached hydrogens (tertiary/aromatic N) is 3. The lowest BCUT2D eigenvalue weighted by molar-refractivity contribution is 0.102. The van der Waals surface area contributed by atoms with Crippen molar-refractivity contribution in [2.24, 2.45) is 0 Å². The molecule has 5 heteroatoms. The van der Waals surface area contributed by atoms with Gasteiger partial charge in [0.2, 0.25) is 0 Å². The Labute approximate surface area is 122 Å². The van der Waals surface area contributed by atoms with Crippen LogP contribution < -0.4 is 5.32 Å². The van der Waals surface area contributed by atoms with Crippen molar-refractivity contribution in [1.29, 1.82) is 0 Å². The summed E-state index contributed by atoms with van der Waals surface area (Å²) in [7, 11) is 0. The van der Waals surface area contributed by atoms with E-state index in [2.05, 4.69) is 15.3 Å². The van der Waals surface area contributed by atoms with Crippen LogP contribution in [0.5, 0.6) is 0 Å². The summed E-state index contributed by atoms with van der Waals surface area (Å²) < 4.78 is 1.82. The van der Waals surface area contributed by atoms with E-state index in [-0.39, 0.29) is 5.91 Å². The van der Waals surface area contributed by atoms with Crippen LogP contribution in [0.1, 0.15) is 27.3 Å². The first-order valence-electron chi connectivity index (χ1n) is 6.74. The zero-order chi connectivity index (χ0) is 15.0. The number of imidazole rings is 1. The van der Waals surface area contributed by atoms with Crippen LogP contribution in [0.25, 0.3) is 5.65 Å². The molecule has 5 nitrogen and oxygen atoms in total. The normalized spacial score (nSPS) is 10.8. The first-order chi connectivity index (χ1) is 10.1. The Morgan fingerprint density at radius 1 is 1.24 bits per heavy atom. The molecule has 0 aliphatic carbocycles. The molecule has 1 N–H and O–H groups in total. The molecule has 0 bridgehead atoms. The van der Waals surface area contributed by atoms with Crippen molar-refractivity contribution in [3.05, 3.63) is 59.2 Å². The van der Waals surface area contributed by atoms with E-state index in [0.29, 0.717) is 17.2 Å². The van der Waals surface area contributed by atoms with E-state index >= 15 is 0 Å². The van der Waals surface area contributed by atoms with E-state index in [1.807, 2.05) is 55.6 Å². The number of rotatable bonds is 2.